The van der Waals surface area contributed by atoms with Crippen molar-refractivity contribution in [2.45, 2.75) is 26.3 Å². The lowest BCUT2D eigenvalue weighted by Gasteiger charge is -2.14. The van der Waals surface area contributed by atoms with Crippen LogP contribution in [-0.4, -0.2) is 11.0 Å². The van der Waals surface area contributed by atoms with E-state index >= 15 is 0 Å². The van der Waals surface area contributed by atoms with Gasteiger partial charge in [0.15, 0.2) is 0 Å². The summed E-state index contributed by atoms with van der Waals surface area (Å²) in [5, 5.41) is 3.43. The van der Waals surface area contributed by atoms with E-state index in [-0.39, 0.29) is 0 Å². The van der Waals surface area contributed by atoms with Crippen LogP contribution in [0.25, 0.3) is 0 Å². The standard InChI is InChI=1S/C13H17N3S/c1-9(7-12-4-3-10(2)17-12)16-11-5-6-15-13(14)8-11/h3-6,8-9H,7H2,1-2H3,(H3,14,15,16). The number of aryl methyl sites for hydroxylation is 1. The number of hydrogen-bond acceptors (Lipinski definition) is 4. The molecular weight excluding hydrogens is 230 g/mol. The van der Waals surface area contributed by atoms with Crippen molar-refractivity contribution in [3.05, 3.63) is 40.2 Å². The lowest BCUT2D eigenvalue weighted by molar-refractivity contribution is 0.800. The fourth-order valence-corrected chi connectivity index (χ4v) is 2.79. The predicted octanol–water partition coefficient (Wildman–Crippen LogP) is 3.08. The first-order chi connectivity index (χ1) is 8.13. The van der Waals surface area contributed by atoms with Gasteiger partial charge >= 0.3 is 0 Å². The van der Waals surface area contributed by atoms with Gasteiger partial charge in [-0.3, -0.25) is 0 Å². The number of rotatable bonds is 4. The number of hydrogen-bond donors (Lipinski definition) is 2. The van der Waals surface area contributed by atoms with Gasteiger partial charge in [-0.1, -0.05) is 0 Å². The maximum atomic E-state index is 5.64. The van der Waals surface area contributed by atoms with E-state index in [4.69, 9.17) is 5.73 Å². The Morgan fingerprint density at radius 2 is 2.24 bits per heavy atom. The van der Waals surface area contributed by atoms with Gasteiger partial charge in [0.1, 0.15) is 5.82 Å². The summed E-state index contributed by atoms with van der Waals surface area (Å²) in [6, 6.07) is 8.54. The summed E-state index contributed by atoms with van der Waals surface area (Å²) in [4.78, 5) is 6.74. The molecule has 17 heavy (non-hydrogen) atoms. The van der Waals surface area contributed by atoms with Gasteiger partial charge in [0, 0.05) is 40.2 Å². The lowest BCUT2D eigenvalue weighted by atomic mass is 10.2. The van der Waals surface area contributed by atoms with Gasteiger partial charge < -0.3 is 11.1 Å². The van der Waals surface area contributed by atoms with Crippen molar-refractivity contribution in [2.75, 3.05) is 11.1 Å². The van der Waals surface area contributed by atoms with Gasteiger partial charge in [-0.05, 0) is 32.0 Å². The van der Waals surface area contributed by atoms with E-state index in [1.54, 1.807) is 6.20 Å². The summed E-state index contributed by atoms with van der Waals surface area (Å²) < 4.78 is 0. The molecule has 0 aromatic carbocycles. The number of nitrogen functional groups attached to an aromatic ring is 1. The maximum Gasteiger partial charge on any atom is 0.125 e. The van der Waals surface area contributed by atoms with Crippen LogP contribution in [0, 0.1) is 6.92 Å². The Morgan fingerprint density at radius 1 is 1.41 bits per heavy atom. The summed E-state index contributed by atoms with van der Waals surface area (Å²) in [5.41, 5.74) is 6.67. The van der Waals surface area contributed by atoms with Crippen molar-refractivity contribution >= 4 is 22.8 Å². The van der Waals surface area contributed by atoms with E-state index in [0.29, 0.717) is 11.9 Å². The van der Waals surface area contributed by atoms with Gasteiger partial charge in [0.05, 0.1) is 0 Å². The average Bonchev–Trinajstić information content (AvgIpc) is 2.63. The largest absolute Gasteiger partial charge is 0.384 e. The van der Waals surface area contributed by atoms with Crippen molar-refractivity contribution < 1.29 is 0 Å². The molecule has 0 radical (unpaired) electrons. The molecule has 1 atom stereocenters. The van der Waals surface area contributed by atoms with E-state index in [2.05, 4.69) is 36.3 Å². The number of nitrogens with zero attached hydrogens (tertiary/aromatic N) is 1. The van der Waals surface area contributed by atoms with Crippen molar-refractivity contribution in [2.24, 2.45) is 0 Å². The number of nitrogens with one attached hydrogen (secondary N) is 1. The van der Waals surface area contributed by atoms with Crippen LogP contribution in [0.5, 0.6) is 0 Å². The van der Waals surface area contributed by atoms with Crippen LogP contribution >= 0.6 is 11.3 Å². The Bertz CT molecular complexity index is 493. The van der Waals surface area contributed by atoms with Crippen LogP contribution in [0.1, 0.15) is 16.7 Å². The van der Waals surface area contributed by atoms with Crippen LogP contribution in [-0.2, 0) is 6.42 Å². The second-order valence-electron chi connectivity index (χ2n) is 4.23. The van der Waals surface area contributed by atoms with Crippen LogP contribution in [0.4, 0.5) is 11.5 Å². The number of thiophene rings is 1. The fraction of sp³-hybridized carbons (Fsp3) is 0.308. The van der Waals surface area contributed by atoms with Crippen LogP contribution < -0.4 is 11.1 Å². The highest BCUT2D eigenvalue weighted by Crippen LogP contribution is 2.18. The topological polar surface area (TPSA) is 50.9 Å². The van der Waals surface area contributed by atoms with Gasteiger partial charge in [0.25, 0.3) is 0 Å². The Morgan fingerprint density at radius 3 is 2.88 bits per heavy atom. The van der Waals surface area contributed by atoms with E-state index in [9.17, 15) is 0 Å². The molecule has 0 amide bonds. The number of aromatic nitrogens is 1. The zero-order valence-electron chi connectivity index (χ0n) is 10.1. The highest BCUT2D eigenvalue weighted by atomic mass is 32.1. The zero-order valence-corrected chi connectivity index (χ0v) is 10.9. The van der Waals surface area contributed by atoms with Gasteiger partial charge in [-0.25, -0.2) is 4.98 Å². The Hall–Kier alpha value is -1.55. The summed E-state index contributed by atoms with van der Waals surface area (Å²) >= 11 is 1.85. The summed E-state index contributed by atoms with van der Waals surface area (Å²) in [7, 11) is 0. The lowest BCUT2D eigenvalue weighted by Crippen LogP contribution is -2.17. The highest BCUT2D eigenvalue weighted by Gasteiger charge is 2.05. The Kier molecular flexibility index (Phi) is 3.64. The first-order valence-electron chi connectivity index (χ1n) is 5.67. The zero-order chi connectivity index (χ0) is 12.3. The second-order valence-corrected chi connectivity index (χ2v) is 5.60. The molecule has 0 saturated carbocycles. The van der Waals surface area contributed by atoms with Gasteiger partial charge in [-0.15, -0.1) is 11.3 Å². The molecule has 3 nitrogen and oxygen atoms in total. The molecule has 4 heteroatoms. The van der Waals surface area contributed by atoms with Crippen molar-refractivity contribution in [1.29, 1.82) is 0 Å². The van der Waals surface area contributed by atoms with Crippen LogP contribution in [0.3, 0.4) is 0 Å². The molecular formula is C13H17N3S. The fourth-order valence-electron chi connectivity index (χ4n) is 1.77. The molecule has 2 heterocycles. The van der Waals surface area contributed by atoms with Gasteiger partial charge in [0.2, 0.25) is 0 Å². The van der Waals surface area contributed by atoms with E-state index in [0.717, 1.165) is 12.1 Å². The molecule has 0 bridgehead atoms. The van der Waals surface area contributed by atoms with Crippen molar-refractivity contribution in [3.8, 4) is 0 Å². The minimum atomic E-state index is 0.384. The average molecular weight is 247 g/mol. The first-order valence-corrected chi connectivity index (χ1v) is 6.48. The van der Waals surface area contributed by atoms with Gasteiger partial charge in [-0.2, -0.15) is 0 Å². The molecule has 0 saturated heterocycles. The Labute approximate surface area is 106 Å². The van der Waals surface area contributed by atoms with E-state index < -0.39 is 0 Å². The molecule has 0 fully saturated rings. The summed E-state index contributed by atoms with van der Waals surface area (Å²) in [6.45, 7) is 4.31. The minimum absolute atomic E-state index is 0.384. The second kappa shape index (κ2) is 5.19. The molecule has 2 aromatic heterocycles. The van der Waals surface area contributed by atoms with Crippen LogP contribution in [0.15, 0.2) is 30.5 Å². The monoisotopic (exact) mass is 247 g/mol. The maximum absolute atomic E-state index is 5.64. The summed E-state index contributed by atoms with van der Waals surface area (Å²) in [6.07, 6.45) is 2.75. The number of anilines is 2. The molecule has 3 N–H and O–H groups in total. The Balaban J connectivity index is 1.95. The molecule has 2 aromatic rings. The van der Waals surface area contributed by atoms with Crippen molar-refractivity contribution in [3.63, 3.8) is 0 Å². The molecule has 2 rings (SSSR count). The number of pyridine rings is 1. The molecule has 0 aliphatic heterocycles. The third-order valence-corrected chi connectivity index (χ3v) is 3.52. The molecule has 90 valence electrons. The minimum Gasteiger partial charge on any atom is -0.384 e. The van der Waals surface area contributed by atoms with Crippen LogP contribution in [0.2, 0.25) is 0 Å². The smallest absolute Gasteiger partial charge is 0.125 e. The third kappa shape index (κ3) is 3.46. The normalized spacial score (nSPS) is 12.4. The first kappa shape index (κ1) is 11.9. The van der Waals surface area contributed by atoms with Crippen molar-refractivity contribution in [1.82, 2.24) is 4.98 Å². The highest BCUT2D eigenvalue weighted by molar-refractivity contribution is 7.11. The van der Waals surface area contributed by atoms with E-state index in [1.807, 2.05) is 23.5 Å². The number of nitrogens with two attached hydrogens (primary N) is 1. The molecule has 0 aliphatic carbocycles. The predicted molar refractivity (Wildman–Crippen MR) is 74.5 cm³/mol. The molecule has 0 aliphatic rings. The summed E-state index contributed by atoms with van der Waals surface area (Å²) in [5.74, 6) is 0.550. The molecule has 0 spiro atoms. The third-order valence-electron chi connectivity index (χ3n) is 2.50. The quantitative estimate of drug-likeness (QED) is 0.873. The SMILES string of the molecule is Cc1ccc(CC(C)Nc2ccnc(N)c2)s1. The van der Waals surface area contributed by atoms with E-state index in [1.165, 1.54) is 9.75 Å². The molecule has 1 unspecified atom stereocenters.